The first-order valence-corrected chi connectivity index (χ1v) is 15.3. The highest BCUT2D eigenvalue weighted by Crippen LogP contribution is 2.43. The van der Waals surface area contributed by atoms with E-state index in [1.165, 1.54) is 46.4 Å². The van der Waals surface area contributed by atoms with E-state index in [1.54, 1.807) is 5.57 Å². The SMILES string of the molecule is C=Cc1ccc(N2CCN(CC3=C(c4ccc(Cl)cc4)CC(C)(C)CC3)[C@H](C)C2)cc1Cc1cnc2[nH]ccc2c1. The second-order valence-corrected chi connectivity index (χ2v) is 13.2. The summed E-state index contributed by atoms with van der Waals surface area (Å²) < 4.78 is 0. The van der Waals surface area contributed by atoms with Gasteiger partial charge in [-0.2, -0.15) is 0 Å². The number of H-pyrrole nitrogens is 1. The molecule has 1 N–H and O–H groups in total. The molecule has 1 atom stereocenters. The van der Waals surface area contributed by atoms with Crippen LogP contribution in [0.4, 0.5) is 5.69 Å². The van der Waals surface area contributed by atoms with Gasteiger partial charge in [0.05, 0.1) is 0 Å². The Hall–Kier alpha value is -3.34. The normalized spacial score (nSPS) is 19.6. The number of nitrogens with zero attached hydrogens (tertiary/aromatic N) is 3. The van der Waals surface area contributed by atoms with E-state index in [0.29, 0.717) is 11.5 Å². The molecule has 0 bridgehead atoms. The minimum atomic E-state index is 0.335. The van der Waals surface area contributed by atoms with Crippen molar-refractivity contribution in [3.05, 3.63) is 106 Å². The minimum absolute atomic E-state index is 0.335. The van der Waals surface area contributed by atoms with Crippen LogP contribution in [-0.4, -0.2) is 47.1 Å². The number of fused-ring (bicyclic) bond motifs is 1. The van der Waals surface area contributed by atoms with Crippen molar-refractivity contribution in [2.24, 2.45) is 5.41 Å². The molecule has 0 amide bonds. The van der Waals surface area contributed by atoms with Crippen LogP contribution in [0.1, 0.15) is 62.3 Å². The molecule has 0 unspecified atom stereocenters. The minimum Gasteiger partial charge on any atom is -0.369 e. The molecule has 0 spiro atoms. The quantitative estimate of drug-likeness (QED) is 0.244. The summed E-state index contributed by atoms with van der Waals surface area (Å²) in [5, 5.41) is 1.96. The van der Waals surface area contributed by atoms with Crippen molar-refractivity contribution in [1.82, 2.24) is 14.9 Å². The lowest BCUT2D eigenvalue weighted by Crippen LogP contribution is -2.52. The number of aromatic nitrogens is 2. The molecule has 1 aliphatic carbocycles. The zero-order valence-corrected chi connectivity index (χ0v) is 25.3. The summed E-state index contributed by atoms with van der Waals surface area (Å²) >= 11 is 6.23. The van der Waals surface area contributed by atoms with Gasteiger partial charge in [-0.15, -0.1) is 0 Å². The van der Waals surface area contributed by atoms with Crippen LogP contribution in [0.25, 0.3) is 22.7 Å². The predicted molar refractivity (Wildman–Crippen MR) is 175 cm³/mol. The first-order chi connectivity index (χ1) is 19.8. The predicted octanol–water partition coefficient (Wildman–Crippen LogP) is 8.62. The largest absolute Gasteiger partial charge is 0.369 e. The van der Waals surface area contributed by atoms with Gasteiger partial charge in [0, 0.05) is 60.7 Å². The average Bonchev–Trinajstić information content (AvgIpc) is 3.43. The number of nitrogens with one attached hydrogen (secondary N) is 1. The molecule has 41 heavy (non-hydrogen) atoms. The molecule has 0 saturated carbocycles. The van der Waals surface area contributed by atoms with Crippen molar-refractivity contribution in [2.45, 2.75) is 52.5 Å². The molecule has 5 heteroatoms. The lowest BCUT2D eigenvalue weighted by Gasteiger charge is -2.43. The Morgan fingerprint density at radius 2 is 1.93 bits per heavy atom. The molecule has 2 aromatic heterocycles. The van der Waals surface area contributed by atoms with Gasteiger partial charge in [-0.1, -0.05) is 61.9 Å². The van der Waals surface area contributed by atoms with Crippen LogP contribution >= 0.6 is 11.6 Å². The second kappa shape index (κ2) is 11.5. The van der Waals surface area contributed by atoms with Gasteiger partial charge in [-0.05, 0) is 102 Å². The molecule has 0 radical (unpaired) electrons. The number of piperazine rings is 1. The Balaban J connectivity index is 1.18. The molecule has 4 aromatic rings. The Morgan fingerprint density at radius 3 is 2.71 bits per heavy atom. The fourth-order valence-corrected chi connectivity index (χ4v) is 6.74. The highest BCUT2D eigenvalue weighted by molar-refractivity contribution is 6.30. The lowest BCUT2D eigenvalue weighted by molar-refractivity contribution is 0.200. The van der Waals surface area contributed by atoms with E-state index in [1.807, 2.05) is 30.6 Å². The van der Waals surface area contributed by atoms with Crippen LogP contribution in [-0.2, 0) is 6.42 Å². The Labute approximate surface area is 249 Å². The number of anilines is 1. The van der Waals surface area contributed by atoms with Gasteiger partial charge in [0.2, 0.25) is 0 Å². The molecule has 1 fully saturated rings. The number of pyridine rings is 1. The van der Waals surface area contributed by atoms with E-state index in [-0.39, 0.29) is 0 Å². The van der Waals surface area contributed by atoms with Gasteiger partial charge in [0.1, 0.15) is 5.65 Å². The molecule has 6 rings (SSSR count). The van der Waals surface area contributed by atoms with Crippen LogP contribution in [0, 0.1) is 5.41 Å². The fourth-order valence-electron chi connectivity index (χ4n) is 6.62. The molecule has 2 aliphatic rings. The molecule has 212 valence electrons. The van der Waals surface area contributed by atoms with Gasteiger partial charge in [0.25, 0.3) is 0 Å². The number of aromatic amines is 1. The van der Waals surface area contributed by atoms with Gasteiger partial charge in [0.15, 0.2) is 0 Å². The Bertz CT molecular complexity index is 1580. The van der Waals surface area contributed by atoms with Crippen LogP contribution in [0.5, 0.6) is 0 Å². The molecular weight excluding hydrogens is 524 g/mol. The van der Waals surface area contributed by atoms with Gasteiger partial charge in [-0.25, -0.2) is 4.98 Å². The molecular formula is C36H41ClN4. The van der Waals surface area contributed by atoms with E-state index in [9.17, 15) is 0 Å². The summed E-state index contributed by atoms with van der Waals surface area (Å²) in [6.07, 6.45) is 10.3. The zero-order chi connectivity index (χ0) is 28.6. The van der Waals surface area contributed by atoms with Crippen LogP contribution in [0.2, 0.25) is 5.02 Å². The number of rotatable bonds is 7. The first kappa shape index (κ1) is 27.8. The van der Waals surface area contributed by atoms with Crippen LogP contribution in [0.15, 0.2) is 79.1 Å². The highest BCUT2D eigenvalue weighted by Gasteiger charge is 2.31. The van der Waals surface area contributed by atoms with E-state index in [0.717, 1.165) is 55.1 Å². The van der Waals surface area contributed by atoms with Crippen molar-refractivity contribution >= 4 is 40.0 Å². The number of allylic oxidation sites excluding steroid dienone is 1. The molecule has 1 aliphatic heterocycles. The third kappa shape index (κ3) is 6.14. The molecule has 1 saturated heterocycles. The first-order valence-electron chi connectivity index (χ1n) is 14.9. The van der Waals surface area contributed by atoms with Crippen molar-refractivity contribution in [1.29, 1.82) is 0 Å². The van der Waals surface area contributed by atoms with Crippen molar-refractivity contribution in [2.75, 3.05) is 31.1 Å². The topological polar surface area (TPSA) is 35.2 Å². The van der Waals surface area contributed by atoms with Crippen molar-refractivity contribution in [3.8, 4) is 0 Å². The van der Waals surface area contributed by atoms with Gasteiger partial charge >= 0.3 is 0 Å². The summed E-state index contributed by atoms with van der Waals surface area (Å²) in [6.45, 7) is 15.5. The average molecular weight is 565 g/mol. The number of benzene rings is 2. The summed E-state index contributed by atoms with van der Waals surface area (Å²) in [5.41, 5.74) is 10.8. The zero-order valence-electron chi connectivity index (χ0n) is 24.6. The Kier molecular flexibility index (Phi) is 7.80. The standard InChI is InChI=1S/C36H41ClN4/c1-5-27-8-11-33(20-31(27)19-26-18-29-13-15-38-35(29)39-22-26)41-17-16-40(25(2)23-41)24-30-12-14-36(3,4)21-34(30)28-6-9-32(37)10-7-28/h5-11,13,15,18,20,22,25H,1,12,14,16-17,19,21,23-24H2,2-4H3,(H,38,39)/t25-/m1/s1. The van der Waals surface area contributed by atoms with Gasteiger partial charge in [-0.3, -0.25) is 4.90 Å². The maximum atomic E-state index is 6.23. The molecule has 3 heterocycles. The van der Waals surface area contributed by atoms with Crippen molar-refractivity contribution < 1.29 is 0 Å². The third-order valence-corrected chi connectivity index (χ3v) is 9.35. The van der Waals surface area contributed by atoms with Gasteiger partial charge < -0.3 is 9.88 Å². The Morgan fingerprint density at radius 1 is 1.10 bits per heavy atom. The highest BCUT2D eigenvalue weighted by atomic mass is 35.5. The summed E-state index contributed by atoms with van der Waals surface area (Å²) in [6, 6.07) is 20.1. The molecule has 2 aromatic carbocycles. The summed E-state index contributed by atoms with van der Waals surface area (Å²) in [5.74, 6) is 0. The summed E-state index contributed by atoms with van der Waals surface area (Å²) in [4.78, 5) is 13.0. The second-order valence-electron chi connectivity index (χ2n) is 12.7. The van der Waals surface area contributed by atoms with E-state index < -0.39 is 0 Å². The maximum absolute atomic E-state index is 6.23. The summed E-state index contributed by atoms with van der Waals surface area (Å²) in [7, 11) is 0. The van der Waals surface area contributed by atoms with E-state index in [2.05, 4.69) is 89.6 Å². The third-order valence-electron chi connectivity index (χ3n) is 9.10. The smallest absolute Gasteiger partial charge is 0.137 e. The number of hydrogen-bond acceptors (Lipinski definition) is 3. The number of hydrogen-bond donors (Lipinski definition) is 1. The van der Waals surface area contributed by atoms with Crippen LogP contribution < -0.4 is 4.90 Å². The van der Waals surface area contributed by atoms with E-state index >= 15 is 0 Å². The monoisotopic (exact) mass is 564 g/mol. The molecule has 4 nitrogen and oxygen atoms in total. The van der Waals surface area contributed by atoms with E-state index in [4.69, 9.17) is 11.6 Å². The maximum Gasteiger partial charge on any atom is 0.137 e. The van der Waals surface area contributed by atoms with Crippen molar-refractivity contribution in [3.63, 3.8) is 0 Å². The van der Waals surface area contributed by atoms with Crippen LogP contribution in [0.3, 0.4) is 0 Å². The fraction of sp³-hybridized carbons (Fsp3) is 0.361. The number of halogens is 1. The lowest BCUT2D eigenvalue weighted by atomic mass is 9.72.